The molecule has 4 aromatic heterocycles. The normalized spacial score (nSPS) is 13.4. The Balaban J connectivity index is 1.51. The van der Waals surface area contributed by atoms with Crippen molar-refractivity contribution in [2.24, 2.45) is 0 Å². The molecule has 0 amide bonds. The van der Waals surface area contributed by atoms with E-state index in [1.54, 1.807) is 36.5 Å². The molecule has 38 heavy (non-hydrogen) atoms. The van der Waals surface area contributed by atoms with Crippen LogP contribution in [0.15, 0.2) is 70.3 Å². The number of nitrogens with one attached hydrogen (secondary N) is 1. The number of tetrazole rings is 1. The number of benzene rings is 1. The second kappa shape index (κ2) is 10.4. The van der Waals surface area contributed by atoms with Gasteiger partial charge in [0.25, 0.3) is 5.56 Å². The molecule has 0 saturated heterocycles. The van der Waals surface area contributed by atoms with Gasteiger partial charge in [0.05, 0.1) is 31.5 Å². The fourth-order valence-electron chi connectivity index (χ4n) is 4.63. The number of furan rings is 1. The summed E-state index contributed by atoms with van der Waals surface area (Å²) in [6, 6.07) is 12.5. The first-order chi connectivity index (χ1) is 18.7. The zero-order chi connectivity index (χ0) is 25.9. The predicted octanol–water partition coefficient (Wildman–Crippen LogP) is 2.67. The molecule has 1 aromatic carbocycles. The Kier molecular flexibility index (Phi) is 6.54. The predicted molar refractivity (Wildman–Crippen MR) is 134 cm³/mol. The quantitative estimate of drug-likeness (QED) is 0.296. The van der Waals surface area contributed by atoms with E-state index in [1.807, 2.05) is 36.4 Å². The number of aromatic nitrogens is 6. The summed E-state index contributed by atoms with van der Waals surface area (Å²) >= 11 is 0. The van der Waals surface area contributed by atoms with Crippen LogP contribution in [0.2, 0.25) is 0 Å². The molecule has 5 heterocycles. The SMILES string of the molecule is COCCn1nnnc1[C@H](c1cc2cc3c(cc2[nH]c1=O)OCO3)N(Cc1cccnc1)Cc1ccco1. The summed E-state index contributed by atoms with van der Waals surface area (Å²) in [5, 5.41) is 13.3. The van der Waals surface area contributed by atoms with Crippen molar-refractivity contribution in [2.75, 3.05) is 20.5 Å². The van der Waals surface area contributed by atoms with E-state index < -0.39 is 6.04 Å². The van der Waals surface area contributed by atoms with E-state index in [1.165, 1.54) is 0 Å². The minimum Gasteiger partial charge on any atom is -0.468 e. The summed E-state index contributed by atoms with van der Waals surface area (Å²) in [5.41, 5.74) is 1.81. The molecule has 5 aromatic rings. The average molecular weight is 516 g/mol. The van der Waals surface area contributed by atoms with E-state index in [0.717, 1.165) is 16.7 Å². The molecule has 0 unspecified atom stereocenters. The van der Waals surface area contributed by atoms with Gasteiger partial charge in [-0.1, -0.05) is 6.07 Å². The largest absolute Gasteiger partial charge is 0.468 e. The van der Waals surface area contributed by atoms with E-state index in [9.17, 15) is 4.79 Å². The fraction of sp³-hybridized carbons (Fsp3) is 0.269. The van der Waals surface area contributed by atoms with E-state index in [4.69, 9.17) is 18.6 Å². The Morgan fingerprint density at radius 3 is 2.84 bits per heavy atom. The number of hydrogen-bond donors (Lipinski definition) is 1. The van der Waals surface area contributed by atoms with Crippen LogP contribution < -0.4 is 15.0 Å². The Morgan fingerprint density at radius 2 is 2.05 bits per heavy atom. The van der Waals surface area contributed by atoms with Crippen molar-refractivity contribution in [3.63, 3.8) is 0 Å². The summed E-state index contributed by atoms with van der Waals surface area (Å²) in [6.45, 7) is 1.81. The third-order valence-corrected chi connectivity index (χ3v) is 6.38. The zero-order valence-corrected chi connectivity index (χ0v) is 20.6. The highest BCUT2D eigenvalue weighted by Gasteiger charge is 2.32. The summed E-state index contributed by atoms with van der Waals surface area (Å²) in [4.78, 5) is 23.0. The Labute approximate surface area is 216 Å². The summed E-state index contributed by atoms with van der Waals surface area (Å²) < 4.78 is 23.7. The molecular formula is C26H25N7O5. The van der Waals surface area contributed by atoms with Crippen molar-refractivity contribution in [1.29, 1.82) is 0 Å². The van der Waals surface area contributed by atoms with E-state index in [0.29, 0.717) is 54.6 Å². The molecule has 0 radical (unpaired) electrons. The monoisotopic (exact) mass is 515 g/mol. The number of nitrogens with zero attached hydrogens (tertiary/aromatic N) is 6. The maximum Gasteiger partial charge on any atom is 0.253 e. The van der Waals surface area contributed by atoms with Gasteiger partial charge in [-0.2, -0.15) is 0 Å². The average Bonchev–Trinajstić information content (AvgIpc) is 3.70. The summed E-state index contributed by atoms with van der Waals surface area (Å²) in [7, 11) is 1.62. The van der Waals surface area contributed by atoms with Gasteiger partial charge in [0.1, 0.15) is 11.8 Å². The Bertz CT molecular complexity index is 1580. The molecule has 12 heteroatoms. The summed E-state index contributed by atoms with van der Waals surface area (Å²) in [5.74, 6) is 2.45. The van der Waals surface area contributed by atoms with Crippen LogP contribution in [0.25, 0.3) is 10.9 Å². The van der Waals surface area contributed by atoms with Gasteiger partial charge in [0.15, 0.2) is 17.3 Å². The van der Waals surface area contributed by atoms with Crippen LogP contribution in [0.5, 0.6) is 11.5 Å². The van der Waals surface area contributed by atoms with Crippen molar-refractivity contribution >= 4 is 10.9 Å². The lowest BCUT2D eigenvalue weighted by atomic mass is 10.0. The lowest BCUT2D eigenvalue weighted by Crippen LogP contribution is -2.35. The third-order valence-electron chi connectivity index (χ3n) is 6.38. The maximum atomic E-state index is 13.7. The number of pyridine rings is 2. The van der Waals surface area contributed by atoms with Crippen LogP contribution >= 0.6 is 0 Å². The molecule has 1 N–H and O–H groups in total. The van der Waals surface area contributed by atoms with Gasteiger partial charge in [-0.05, 0) is 46.3 Å². The molecule has 0 aliphatic carbocycles. The Morgan fingerprint density at radius 1 is 1.16 bits per heavy atom. The Hall–Kier alpha value is -4.55. The topological polar surface area (TPSA) is 133 Å². The molecular weight excluding hydrogens is 490 g/mol. The minimum absolute atomic E-state index is 0.141. The lowest BCUT2D eigenvalue weighted by Gasteiger charge is -2.30. The third kappa shape index (κ3) is 4.74. The van der Waals surface area contributed by atoms with Gasteiger partial charge < -0.3 is 23.6 Å². The van der Waals surface area contributed by atoms with Gasteiger partial charge in [-0.15, -0.1) is 5.10 Å². The number of rotatable bonds is 10. The van der Waals surface area contributed by atoms with Crippen LogP contribution in [-0.4, -0.2) is 55.6 Å². The molecule has 194 valence electrons. The van der Waals surface area contributed by atoms with E-state index in [2.05, 4.69) is 30.4 Å². The van der Waals surface area contributed by atoms with Gasteiger partial charge >= 0.3 is 0 Å². The molecule has 0 saturated carbocycles. The second-order valence-electron chi connectivity index (χ2n) is 8.85. The number of ether oxygens (including phenoxy) is 3. The molecule has 6 rings (SSSR count). The van der Waals surface area contributed by atoms with Crippen molar-refractivity contribution in [3.8, 4) is 11.5 Å². The van der Waals surface area contributed by atoms with Gasteiger partial charge in [-0.3, -0.25) is 14.7 Å². The van der Waals surface area contributed by atoms with Crippen LogP contribution in [0.1, 0.15) is 28.8 Å². The lowest BCUT2D eigenvalue weighted by molar-refractivity contribution is 0.163. The molecule has 12 nitrogen and oxygen atoms in total. The highest BCUT2D eigenvalue weighted by atomic mass is 16.7. The molecule has 1 atom stereocenters. The van der Waals surface area contributed by atoms with E-state index >= 15 is 0 Å². The van der Waals surface area contributed by atoms with Crippen LogP contribution in [0, 0.1) is 0 Å². The first kappa shape index (κ1) is 23.8. The van der Waals surface area contributed by atoms with Crippen molar-refractivity contribution in [1.82, 2.24) is 35.1 Å². The number of aromatic amines is 1. The first-order valence-corrected chi connectivity index (χ1v) is 12.1. The smallest absolute Gasteiger partial charge is 0.253 e. The molecule has 1 aliphatic heterocycles. The zero-order valence-electron chi connectivity index (χ0n) is 20.6. The van der Waals surface area contributed by atoms with Crippen molar-refractivity contribution < 1.29 is 18.6 Å². The fourth-order valence-corrected chi connectivity index (χ4v) is 4.63. The molecule has 0 bridgehead atoms. The first-order valence-electron chi connectivity index (χ1n) is 12.1. The second-order valence-corrected chi connectivity index (χ2v) is 8.85. The van der Waals surface area contributed by atoms with Crippen molar-refractivity contribution in [3.05, 3.63) is 94.2 Å². The highest BCUT2D eigenvalue weighted by molar-refractivity contribution is 5.83. The summed E-state index contributed by atoms with van der Waals surface area (Å²) in [6.07, 6.45) is 5.15. The molecule has 1 aliphatic rings. The maximum absolute atomic E-state index is 13.7. The standard InChI is InChI=1S/C26H25N7O5/c1-35-9-7-33-25(29-30-31-33)24(32(15-19-5-3-8-36-19)14-17-4-2-6-27-13-17)20-10-18-11-22-23(38-16-37-22)12-21(18)28-26(20)34/h2-6,8,10-13,24H,7,9,14-16H2,1H3,(H,28,34)/t24-/m0/s1. The van der Waals surface area contributed by atoms with Gasteiger partial charge in [0, 0.05) is 43.1 Å². The van der Waals surface area contributed by atoms with E-state index in [-0.39, 0.29) is 12.4 Å². The number of H-pyrrole nitrogens is 1. The molecule has 0 spiro atoms. The van der Waals surface area contributed by atoms with Crippen LogP contribution in [-0.2, 0) is 24.4 Å². The highest BCUT2D eigenvalue weighted by Crippen LogP contribution is 2.36. The van der Waals surface area contributed by atoms with Crippen LogP contribution in [0.4, 0.5) is 0 Å². The minimum atomic E-state index is -0.634. The number of hydrogen-bond acceptors (Lipinski definition) is 10. The number of methoxy groups -OCH3 is 1. The number of fused-ring (bicyclic) bond motifs is 2. The van der Waals surface area contributed by atoms with Crippen molar-refractivity contribution in [2.45, 2.75) is 25.7 Å². The van der Waals surface area contributed by atoms with Gasteiger partial charge in [-0.25, -0.2) is 4.68 Å². The van der Waals surface area contributed by atoms with Gasteiger partial charge in [0.2, 0.25) is 6.79 Å². The molecule has 0 fully saturated rings. The van der Waals surface area contributed by atoms with Crippen LogP contribution in [0.3, 0.4) is 0 Å².